The van der Waals surface area contributed by atoms with Crippen molar-refractivity contribution >= 4 is 16.2 Å². The van der Waals surface area contributed by atoms with Gasteiger partial charge in [0, 0.05) is 5.69 Å². The van der Waals surface area contributed by atoms with Crippen LogP contribution in [0.15, 0.2) is 63.3 Å². The summed E-state index contributed by atoms with van der Waals surface area (Å²) in [5.41, 5.74) is 3.28. The maximum absolute atomic E-state index is 12.6. The molecular formula is C19H20N4O3S. The minimum atomic E-state index is -3.79. The smallest absolute Gasteiger partial charge is 0.280 e. The highest BCUT2D eigenvalue weighted by Crippen LogP contribution is 2.10. The van der Waals surface area contributed by atoms with E-state index < -0.39 is 10.0 Å². The Balaban J connectivity index is 1.84. The van der Waals surface area contributed by atoms with Crippen molar-refractivity contribution in [2.24, 2.45) is 5.10 Å². The lowest BCUT2D eigenvalue weighted by Crippen LogP contribution is -2.20. The molecular weight excluding hydrogens is 364 g/mol. The minimum absolute atomic E-state index is 0.105. The van der Waals surface area contributed by atoms with Crippen LogP contribution in [0.5, 0.6) is 0 Å². The van der Waals surface area contributed by atoms with Gasteiger partial charge in [-0.25, -0.2) is 9.51 Å². The van der Waals surface area contributed by atoms with Gasteiger partial charge in [-0.15, -0.1) is 0 Å². The fourth-order valence-electron chi connectivity index (χ4n) is 2.52. The molecule has 2 N–H and O–H groups in total. The molecule has 1 heterocycles. The molecule has 140 valence electrons. The number of hydrazone groups is 1. The van der Waals surface area contributed by atoms with Gasteiger partial charge in [0.05, 0.1) is 22.4 Å². The first-order chi connectivity index (χ1) is 12.8. The molecule has 8 heteroatoms. The monoisotopic (exact) mass is 384 g/mol. The Morgan fingerprint density at radius 1 is 0.963 bits per heavy atom. The first-order valence-corrected chi connectivity index (χ1v) is 9.76. The molecule has 0 amide bonds. The van der Waals surface area contributed by atoms with E-state index in [1.807, 2.05) is 38.1 Å². The number of sulfonamides is 1. The number of rotatable bonds is 5. The highest BCUT2D eigenvalue weighted by atomic mass is 32.2. The summed E-state index contributed by atoms with van der Waals surface area (Å²) < 4.78 is 25.9. The second kappa shape index (κ2) is 7.24. The zero-order chi connectivity index (χ0) is 19.6. The second-order valence-corrected chi connectivity index (χ2v) is 7.95. The summed E-state index contributed by atoms with van der Waals surface area (Å²) in [7, 11) is -3.79. The second-order valence-electron chi connectivity index (χ2n) is 6.29. The quantitative estimate of drug-likeness (QED) is 0.522. The summed E-state index contributed by atoms with van der Waals surface area (Å²) >= 11 is 0. The highest BCUT2D eigenvalue weighted by molar-refractivity contribution is 7.89. The van der Waals surface area contributed by atoms with Gasteiger partial charge in [-0.3, -0.25) is 9.89 Å². The van der Waals surface area contributed by atoms with Gasteiger partial charge >= 0.3 is 0 Å². The van der Waals surface area contributed by atoms with Crippen molar-refractivity contribution in [3.05, 3.63) is 81.3 Å². The number of hydrogen-bond donors (Lipinski definition) is 2. The summed E-state index contributed by atoms with van der Waals surface area (Å²) in [6.07, 6.45) is 1.21. The van der Waals surface area contributed by atoms with Gasteiger partial charge in [-0.2, -0.15) is 13.5 Å². The Morgan fingerprint density at radius 2 is 1.52 bits per heavy atom. The van der Waals surface area contributed by atoms with Crippen molar-refractivity contribution in [2.45, 2.75) is 25.7 Å². The molecule has 0 aliphatic carbocycles. The van der Waals surface area contributed by atoms with E-state index in [1.54, 1.807) is 19.1 Å². The molecule has 0 atom stereocenters. The van der Waals surface area contributed by atoms with Crippen molar-refractivity contribution in [3.63, 3.8) is 0 Å². The number of aromatic amines is 1. The van der Waals surface area contributed by atoms with Gasteiger partial charge in [0.1, 0.15) is 0 Å². The predicted octanol–water partition coefficient (Wildman–Crippen LogP) is 2.40. The van der Waals surface area contributed by atoms with Crippen LogP contribution in [0, 0.1) is 20.8 Å². The number of aryl methyl sites for hydroxylation is 3. The SMILES string of the molecule is Cc1ccc(-n2[nH]c(C)c(C=NNS(=O)(=O)c3ccc(C)cc3)c2=O)cc1. The Kier molecular flexibility index (Phi) is 5.00. The summed E-state index contributed by atoms with van der Waals surface area (Å²) in [5, 5.41) is 6.73. The molecule has 0 bridgehead atoms. The lowest BCUT2D eigenvalue weighted by atomic mass is 10.2. The van der Waals surface area contributed by atoms with Crippen molar-refractivity contribution < 1.29 is 8.42 Å². The molecule has 0 radical (unpaired) electrons. The van der Waals surface area contributed by atoms with Gasteiger partial charge in [0.15, 0.2) is 0 Å². The Morgan fingerprint density at radius 3 is 2.11 bits per heavy atom. The van der Waals surface area contributed by atoms with Gasteiger partial charge in [-0.05, 0) is 45.0 Å². The number of nitrogens with zero attached hydrogens (tertiary/aromatic N) is 2. The topological polar surface area (TPSA) is 96.3 Å². The lowest BCUT2D eigenvalue weighted by Gasteiger charge is -2.03. The predicted molar refractivity (Wildman–Crippen MR) is 105 cm³/mol. The van der Waals surface area contributed by atoms with E-state index in [4.69, 9.17) is 0 Å². The van der Waals surface area contributed by atoms with Crippen LogP contribution >= 0.6 is 0 Å². The van der Waals surface area contributed by atoms with Crippen LogP contribution in [0.4, 0.5) is 0 Å². The first kappa shape index (κ1) is 18.7. The van der Waals surface area contributed by atoms with Crippen LogP contribution in [-0.4, -0.2) is 24.4 Å². The van der Waals surface area contributed by atoms with Crippen LogP contribution in [0.2, 0.25) is 0 Å². The zero-order valence-corrected chi connectivity index (χ0v) is 16.0. The van der Waals surface area contributed by atoms with E-state index in [2.05, 4.69) is 15.0 Å². The molecule has 0 saturated carbocycles. The Hall–Kier alpha value is -3.13. The molecule has 7 nitrogen and oxygen atoms in total. The zero-order valence-electron chi connectivity index (χ0n) is 15.2. The molecule has 0 aliphatic rings. The van der Waals surface area contributed by atoms with E-state index in [-0.39, 0.29) is 16.0 Å². The van der Waals surface area contributed by atoms with E-state index in [9.17, 15) is 13.2 Å². The van der Waals surface area contributed by atoms with E-state index in [0.717, 1.165) is 11.1 Å². The largest absolute Gasteiger partial charge is 0.295 e. The van der Waals surface area contributed by atoms with Gasteiger partial charge in [-0.1, -0.05) is 35.4 Å². The standard InChI is InChI=1S/C19H20N4O3S/c1-13-4-8-16(9-5-13)23-19(24)18(15(3)21-23)12-20-22-27(25,26)17-10-6-14(2)7-11-17/h4-12,21-22H,1-3H3. The van der Waals surface area contributed by atoms with Gasteiger partial charge in [0.25, 0.3) is 15.6 Å². The van der Waals surface area contributed by atoms with Crippen molar-refractivity contribution in [3.8, 4) is 5.69 Å². The van der Waals surface area contributed by atoms with Crippen LogP contribution in [-0.2, 0) is 10.0 Å². The molecule has 3 aromatic rings. The average molecular weight is 384 g/mol. The summed E-state index contributed by atoms with van der Waals surface area (Å²) in [4.78, 5) is 14.8. The van der Waals surface area contributed by atoms with Crippen molar-refractivity contribution in [1.82, 2.24) is 14.6 Å². The molecule has 0 unspecified atom stereocenters. The van der Waals surface area contributed by atoms with Crippen LogP contribution in [0.1, 0.15) is 22.4 Å². The van der Waals surface area contributed by atoms with E-state index in [0.29, 0.717) is 11.4 Å². The fraction of sp³-hybridized carbons (Fsp3) is 0.158. The number of hydrogen-bond acceptors (Lipinski definition) is 4. The summed E-state index contributed by atoms with van der Waals surface area (Å²) in [5.74, 6) is 0. The third-order valence-corrected chi connectivity index (χ3v) is 5.35. The maximum Gasteiger partial charge on any atom is 0.280 e. The molecule has 0 saturated heterocycles. The van der Waals surface area contributed by atoms with Crippen LogP contribution in [0.3, 0.4) is 0 Å². The lowest BCUT2D eigenvalue weighted by molar-refractivity contribution is 0.584. The maximum atomic E-state index is 12.6. The van der Waals surface area contributed by atoms with Gasteiger partial charge < -0.3 is 0 Å². The number of aromatic nitrogens is 2. The third kappa shape index (κ3) is 4.01. The van der Waals surface area contributed by atoms with Crippen LogP contribution in [0.25, 0.3) is 5.69 Å². The molecule has 2 aromatic carbocycles. The average Bonchev–Trinajstić information content (AvgIpc) is 2.91. The van der Waals surface area contributed by atoms with Gasteiger partial charge in [0.2, 0.25) is 0 Å². The minimum Gasteiger partial charge on any atom is -0.295 e. The summed E-state index contributed by atoms with van der Waals surface area (Å²) in [6, 6.07) is 13.9. The fourth-order valence-corrected chi connectivity index (χ4v) is 3.31. The molecule has 27 heavy (non-hydrogen) atoms. The molecule has 0 fully saturated rings. The van der Waals surface area contributed by atoms with Crippen LogP contribution < -0.4 is 10.4 Å². The van der Waals surface area contributed by atoms with E-state index in [1.165, 1.54) is 23.0 Å². The number of benzene rings is 2. The molecule has 0 spiro atoms. The molecule has 3 rings (SSSR count). The van der Waals surface area contributed by atoms with Crippen molar-refractivity contribution in [2.75, 3.05) is 0 Å². The molecule has 1 aromatic heterocycles. The summed E-state index contributed by atoms with van der Waals surface area (Å²) in [6.45, 7) is 5.56. The third-order valence-electron chi connectivity index (χ3n) is 4.11. The van der Waals surface area contributed by atoms with E-state index >= 15 is 0 Å². The molecule has 0 aliphatic heterocycles. The Labute approximate surface area is 157 Å². The number of H-pyrrole nitrogens is 1. The number of nitrogens with one attached hydrogen (secondary N) is 2. The van der Waals surface area contributed by atoms with Crippen molar-refractivity contribution in [1.29, 1.82) is 0 Å². The normalized spacial score (nSPS) is 11.8. The first-order valence-electron chi connectivity index (χ1n) is 8.28. The Bertz CT molecular complexity index is 1140. The highest BCUT2D eigenvalue weighted by Gasteiger charge is 2.13.